The van der Waals surface area contributed by atoms with Crippen LogP contribution in [-0.4, -0.2) is 68.0 Å². The minimum absolute atomic E-state index is 0.0367. The minimum Gasteiger partial charge on any atom is -0.508 e. The van der Waals surface area contributed by atoms with Crippen LogP contribution in [0.5, 0.6) is 11.5 Å². The number of phenols is 1. The van der Waals surface area contributed by atoms with Gasteiger partial charge < -0.3 is 30.5 Å². The van der Waals surface area contributed by atoms with Crippen molar-refractivity contribution >= 4 is 17.6 Å². The van der Waals surface area contributed by atoms with E-state index in [0.717, 1.165) is 29.8 Å². The Labute approximate surface area is 248 Å². The van der Waals surface area contributed by atoms with Crippen molar-refractivity contribution < 1.29 is 34.8 Å². The molecule has 3 aromatic carbocycles. The molecule has 2 fully saturated rings. The number of ether oxygens (including phenoxy) is 1. The van der Waals surface area contributed by atoms with Crippen LogP contribution in [0.4, 0.5) is 5.69 Å². The fraction of sp³-hybridized carbons (Fsp3) is 0.353. The Bertz CT molecular complexity index is 1730. The molecule has 0 radical (unpaired) electrons. The zero-order valence-corrected chi connectivity index (χ0v) is 23.4. The molecule has 3 aliphatic carbocycles. The highest BCUT2D eigenvalue weighted by Crippen LogP contribution is 2.66. The van der Waals surface area contributed by atoms with Crippen molar-refractivity contribution in [3.63, 3.8) is 0 Å². The summed E-state index contributed by atoms with van der Waals surface area (Å²) in [7, 11) is 0. The van der Waals surface area contributed by atoms with Crippen molar-refractivity contribution in [2.45, 2.75) is 55.3 Å². The molecule has 1 amide bonds. The van der Waals surface area contributed by atoms with E-state index in [-0.39, 0.29) is 35.1 Å². The van der Waals surface area contributed by atoms with Gasteiger partial charge in [0.25, 0.3) is 5.91 Å². The Balaban J connectivity index is 1.19. The number of carboxylic acids is 1. The lowest BCUT2D eigenvalue weighted by atomic mass is 9.49. The van der Waals surface area contributed by atoms with E-state index in [4.69, 9.17) is 4.74 Å². The molecule has 5 N–H and O–H groups in total. The van der Waals surface area contributed by atoms with E-state index in [1.165, 1.54) is 25.0 Å². The Morgan fingerprint density at radius 1 is 1.02 bits per heavy atom. The van der Waals surface area contributed by atoms with Crippen molar-refractivity contribution in [1.29, 1.82) is 0 Å². The van der Waals surface area contributed by atoms with E-state index in [2.05, 4.69) is 10.2 Å². The Hall–Kier alpha value is -4.34. The number of benzene rings is 3. The zero-order chi connectivity index (χ0) is 29.7. The van der Waals surface area contributed by atoms with E-state index in [1.54, 1.807) is 30.3 Å². The predicted octanol–water partition coefficient (Wildman–Crippen LogP) is 4.38. The molecule has 0 unspecified atom stereocenters. The molecule has 5 aliphatic rings. The normalized spacial score (nSPS) is 28.7. The number of hydrogen-bond acceptors (Lipinski definition) is 7. The molecule has 3 aromatic rings. The standard InChI is InChI=1S/C34H32N2O7/c37-25-12-11-21-15-26-34(42)16-23(28(38)30-33(34,27(21)29(25)43-30)13-14-36(26)17-18-5-6-18)31(39)35-24-4-2-1-3-22(24)19-7-9-20(10-8-19)32(40)41/h1-4,7-12,18,26,30,37-38,42H,5-6,13-17H2,(H,35,39)(H,40,41)/t26-,30+,33+,34-/m1/s1. The monoisotopic (exact) mass is 580 g/mol. The highest BCUT2D eigenvalue weighted by atomic mass is 16.5. The molecule has 220 valence electrons. The first-order chi connectivity index (χ1) is 20.7. The first-order valence-electron chi connectivity index (χ1n) is 14.9. The number of hydrogen-bond donors (Lipinski definition) is 5. The number of para-hydroxylation sites is 1. The molecule has 0 aromatic heterocycles. The van der Waals surface area contributed by atoms with Crippen molar-refractivity contribution in [1.82, 2.24) is 4.90 Å². The maximum Gasteiger partial charge on any atom is 0.335 e. The summed E-state index contributed by atoms with van der Waals surface area (Å²) in [5.41, 5.74) is 1.51. The van der Waals surface area contributed by atoms with Crippen LogP contribution in [0.25, 0.3) is 11.1 Å². The summed E-state index contributed by atoms with van der Waals surface area (Å²) in [6.45, 7) is 1.63. The molecule has 2 aliphatic heterocycles. The maximum absolute atomic E-state index is 14.0. The van der Waals surface area contributed by atoms with Crippen LogP contribution >= 0.6 is 0 Å². The fourth-order valence-corrected chi connectivity index (χ4v) is 8.20. The molecule has 4 atom stereocenters. The number of aliphatic hydroxyl groups excluding tert-OH is 1. The molecule has 1 saturated heterocycles. The Morgan fingerprint density at radius 3 is 2.53 bits per heavy atom. The molecular formula is C34H32N2O7. The smallest absolute Gasteiger partial charge is 0.335 e. The number of likely N-dealkylation sites (tertiary alicyclic amines) is 1. The molecule has 9 heteroatoms. The number of anilines is 1. The third-order valence-corrected chi connectivity index (χ3v) is 10.4. The average molecular weight is 581 g/mol. The molecule has 1 saturated carbocycles. The lowest BCUT2D eigenvalue weighted by Crippen LogP contribution is -2.75. The lowest BCUT2D eigenvalue weighted by Gasteiger charge is -2.62. The first kappa shape index (κ1) is 26.3. The summed E-state index contributed by atoms with van der Waals surface area (Å²) < 4.78 is 6.31. The number of rotatable bonds is 6. The summed E-state index contributed by atoms with van der Waals surface area (Å²) in [5.74, 6) is -0.922. The van der Waals surface area contributed by atoms with Crippen LogP contribution in [0.2, 0.25) is 0 Å². The van der Waals surface area contributed by atoms with Crippen molar-refractivity contribution in [3.8, 4) is 22.6 Å². The molecule has 9 nitrogen and oxygen atoms in total. The lowest BCUT2D eigenvalue weighted by molar-refractivity contribution is -0.172. The zero-order valence-electron chi connectivity index (χ0n) is 23.4. The van der Waals surface area contributed by atoms with E-state index in [9.17, 15) is 30.0 Å². The number of amides is 1. The van der Waals surface area contributed by atoms with Gasteiger partial charge in [-0.25, -0.2) is 4.79 Å². The number of aliphatic hydroxyl groups is 2. The van der Waals surface area contributed by atoms with Crippen LogP contribution in [0.3, 0.4) is 0 Å². The van der Waals surface area contributed by atoms with E-state index >= 15 is 0 Å². The number of aromatic carboxylic acids is 1. The highest BCUT2D eigenvalue weighted by molar-refractivity contribution is 6.06. The van der Waals surface area contributed by atoms with Crippen molar-refractivity contribution in [3.05, 3.63) is 88.7 Å². The van der Waals surface area contributed by atoms with Crippen LogP contribution in [0.15, 0.2) is 72.0 Å². The van der Waals surface area contributed by atoms with Gasteiger partial charge in [-0.1, -0.05) is 36.4 Å². The van der Waals surface area contributed by atoms with Crippen LogP contribution < -0.4 is 10.1 Å². The number of carboxylic acid groups (broad SMARTS) is 1. The molecule has 8 rings (SSSR count). The van der Waals surface area contributed by atoms with Gasteiger partial charge in [-0.2, -0.15) is 0 Å². The molecular weight excluding hydrogens is 548 g/mol. The second-order valence-electron chi connectivity index (χ2n) is 12.7. The van der Waals surface area contributed by atoms with Gasteiger partial charge in [0.2, 0.25) is 0 Å². The summed E-state index contributed by atoms with van der Waals surface area (Å²) in [6, 6.07) is 16.8. The molecule has 43 heavy (non-hydrogen) atoms. The number of nitrogens with zero attached hydrogens (tertiary/aromatic N) is 1. The second-order valence-corrected chi connectivity index (χ2v) is 12.7. The SMILES string of the molecule is O=C(Nc1ccccc1-c1ccc(C(=O)O)cc1)C1=C(O)[C@@H]2Oc3c(O)ccc4c3[C@@]23CCN(CC2CC2)[C@H](C4)[C@]3(O)C1. The van der Waals surface area contributed by atoms with Crippen LogP contribution in [-0.2, 0) is 16.6 Å². The number of nitrogens with one attached hydrogen (secondary N) is 1. The molecule has 1 spiro atoms. The van der Waals surface area contributed by atoms with Crippen molar-refractivity contribution in [2.75, 3.05) is 18.4 Å². The summed E-state index contributed by atoms with van der Waals surface area (Å²) in [6.07, 6.45) is 2.41. The van der Waals surface area contributed by atoms with Gasteiger partial charge in [-0.3, -0.25) is 9.69 Å². The van der Waals surface area contributed by atoms with E-state index in [1.807, 2.05) is 18.2 Å². The summed E-state index contributed by atoms with van der Waals surface area (Å²) in [4.78, 5) is 27.7. The number of piperidine rings is 1. The van der Waals surface area contributed by atoms with Gasteiger partial charge in [0.1, 0.15) is 5.76 Å². The fourth-order valence-electron chi connectivity index (χ4n) is 8.20. The third-order valence-electron chi connectivity index (χ3n) is 10.4. The predicted molar refractivity (Wildman–Crippen MR) is 157 cm³/mol. The van der Waals surface area contributed by atoms with Crippen LogP contribution in [0.1, 0.15) is 47.2 Å². The number of carbonyl (C=O) groups is 2. The molecule has 2 bridgehead atoms. The second kappa shape index (κ2) is 9.08. The van der Waals surface area contributed by atoms with Gasteiger partial charge in [0, 0.05) is 35.8 Å². The average Bonchev–Trinajstić information content (AvgIpc) is 3.74. The van der Waals surface area contributed by atoms with Gasteiger partial charge >= 0.3 is 5.97 Å². The van der Waals surface area contributed by atoms with E-state index in [0.29, 0.717) is 35.8 Å². The summed E-state index contributed by atoms with van der Waals surface area (Å²) in [5, 5.41) is 47.6. The Kier molecular flexibility index (Phi) is 5.55. The third kappa shape index (κ3) is 3.64. The first-order valence-corrected chi connectivity index (χ1v) is 14.9. The van der Waals surface area contributed by atoms with Crippen LogP contribution in [0, 0.1) is 5.92 Å². The van der Waals surface area contributed by atoms with Gasteiger partial charge in [-0.05, 0) is 73.5 Å². The number of phenolic OH excluding ortho intramolecular Hbond substituents is 1. The van der Waals surface area contributed by atoms with Gasteiger partial charge in [-0.15, -0.1) is 0 Å². The topological polar surface area (TPSA) is 140 Å². The highest BCUT2D eigenvalue weighted by Gasteiger charge is 2.73. The number of carbonyl (C=O) groups excluding carboxylic acids is 1. The Morgan fingerprint density at radius 2 is 1.79 bits per heavy atom. The quantitative estimate of drug-likeness (QED) is 0.290. The minimum atomic E-state index is -1.40. The van der Waals surface area contributed by atoms with Crippen molar-refractivity contribution in [2.24, 2.45) is 5.92 Å². The maximum atomic E-state index is 14.0. The number of aromatic hydroxyl groups is 1. The van der Waals surface area contributed by atoms with Gasteiger partial charge in [0.15, 0.2) is 17.6 Å². The molecule has 2 heterocycles. The summed E-state index contributed by atoms with van der Waals surface area (Å²) >= 11 is 0. The largest absolute Gasteiger partial charge is 0.508 e. The van der Waals surface area contributed by atoms with E-state index < -0.39 is 29.0 Å². The van der Waals surface area contributed by atoms with Gasteiger partial charge in [0.05, 0.1) is 22.2 Å².